The molecule has 2 atom stereocenters. The first-order valence-corrected chi connectivity index (χ1v) is 8.28. The van der Waals surface area contributed by atoms with Crippen LogP contribution in [0.1, 0.15) is 46.5 Å². The highest BCUT2D eigenvalue weighted by Crippen LogP contribution is 2.30. The Balaban J connectivity index is 2.39. The molecule has 0 saturated carbocycles. The van der Waals surface area contributed by atoms with Crippen molar-refractivity contribution >= 4 is 11.8 Å². The predicted octanol–water partition coefficient (Wildman–Crippen LogP) is 2.98. The van der Waals surface area contributed by atoms with E-state index in [0.29, 0.717) is 4.75 Å². The van der Waals surface area contributed by atoms with E-state index in [9.17, 15) is 0 Å². The second-order valence-corrected chi connectivity index (χ2v) is 6.80. The van der Waals surface area contributed by atoms with E-state index in [1.807, 2.05) is 11.8 Å². The van der Waals surface area contributed by atoms with E-state index in [1.54, 1.807) is 0 Å². The highest BCUT2D eigenvalue weighted by molar-refractivity contribution is 8.00. The fourth-order valence-electron chi connectivity index (χ4n) is 2.67. The summed E-state index contributed by atoms with van der Waals surface area (Å²) in [6.45, 7) is 9.39. The minimum Gasteiger partial charge on any atom is -0.312 e. The first-order valence-electron chi connectivity index (χ1n) is 7.05. The van der Waals surface area contributed by atoms with Crippen molar-refractivity contribution in [3.8, 4) is 0 Å². The zero-order chi connectivity index (χ0) is 12.9. The molecule has 1 rings (SSSR count). The Morgan fingerprint density at radius 3 is 2.47 bits per heavy atom. The van der Waals surface area contributed by atoms with Gasteiger partial charge in [0.1, 0.15) is 0 Å². The Bertz CT molecular complexity index is 208. The number of nitrogens with zero attached hydrogens (tertiary/aromatic N) is 1. The van der Waals surface area contributed by atoms with Gasteiger partial charge in [-0.25, -0.2) is 0 Å². The molecule has 102 valence electrons. The van der Waals surface area contributed by atoms with Gasteiger partial charge < -0.3 is 10.2 Å². The summed E-state index contributed by atoms with van der Waals surface area (Å²) in [5, 5.41) is 3.82. The van der Waals surface area contributed by atoms with Gasteiger partial charge >= 0.3 is 0 Å². The number of nitrogens with one attached hydrogen (secondary N) is 1. The average Bonchev–Trinajstić information content (AvgIpc) is 2.36. The Morgan fingerprint density at radius 2 is 2.00 bits per heavy atom. The second-order valence-electron chi connectivity index (χ2n) is 5.53. The lowest BCUT2D eigenvalue weighted by atomic mass is 9.96. The number of likely N-dealkylation sites (tertiary alicyclic amines) is 1. The summed E-state index contributed by atoms with van der Waals surface area (Å²) < 4.78 is 0.451. The van der Waals surface area contributed by atoms with Gasteiger partial charge in [-0.15, -0.1) is 0 Å². The van der Waals surface area contributed by atoms with Crippen LogP contribution in [0, 0.1) is 0 Å². The van der Waals surface area contributed by atoms with Gasteiger partial charge in [-0.1, -0.05) is 13.8 Å². The van der Waals surface area contributed by atoms with Gasteiger partial charge in [0.25, 0.3) is 0 Å². The fraction of sp³-hybridized carbons (Fsp3) is 1.00. The zero-order valence-corrected chi connectivity index (χ0v) is 13.1. The van der Waals surface area contributed by atoms with E-state index in [2.05, 4.69) is 44.3 Å². The third-order valence-corrected chi connectivity index (χ3v) is 6.23. The number of piperidine rings is 1. The number of hydrogen-bond donors (Lipinski definition) is 1. The third-order valence-electron chi connectivity index (χ3n) is 4.64. The van der Waals surface area contributed by atoms with E-state index >= 15 is 0 Å². The predicted molar refractivity (Wildman–Crippen MR) is 79.9 cm³/mol. The highest BCUT2D eigenvalue weighted by atomic mass is 32.2. The summed E-state index contributed by atoms with van der Waals surface area (Å²) in [6, 6.07) is 1.46. The monoisotopic (exact) mass is 258 g/mol. The van der Waals surface area contributed by atoms with Crippen molar-refractivity contribution in [3.63, 3.8) is 0 Å². The van der Waals surface area contributed by atoms with Gasteiger partial charge in [0.05, 0.1) is 0 Å². The summed E-state index contributed by atoms with van der Waals surface area (Å²) in [5.74, 6) is 0. The number of hydrogen-bond acceptors (Lipinski definition) is 3. The molecule has 0 bridgehead atoms. The Morgan fingerprint density at radius 1 is 1.35 bits per heavy atom. The van der Waals surface area contributed by atoms with Crippen molar-refractivity contribution in [1.29, 1.82) is 0 Å². The molecule has 0 radical (unpaired) electrons. The Hall–Kier alpha value is 0.270. The van der Waals surface area contributed by atoms with Gasteiger partial charge in [-0.2, -0.15) is 11.8 Å². The summed E-state index contributed by atoms with van der Waals surface area (Å²) in [5.41, 5.74) is 0. The summed E-state index contributed by atoms with van der Waals surface area (Å²) in [4.78, 5) is 2.47. The molecule has 2 nitrogen and oxygen atoms in total. The first kappa shape index (κ1) is 15.3. The van der Waals surface area contributed by atoms with Gasteiger partial charge in [0, 0.05) is 23.4 Å². The van der Waals surface area contributed by atoms with Crippen LogP contribution >= 0.6 is 11.8 Å². The molecule has 0 aliphatic carbocycles. The smallest absolute Gasteiger partial charge is 0.0276 e. The van der Waals surface area contributed by atoms with Crippen molar-refractivity contribution in [3.05, 3.63) is 0 Å². The van der Waals surface area contributed by atoms with Crippen LogP contribution in [0.3, 0.4) is 0 Å². The molecule has 0 spiro atoms. The molecule has 1 N–H and O–H groups in total. The number of rotatable bonds is 6. The van der Waals surface area contributed by atoms with Crippen molar-refractivity contribution < 1.29 is 0 Å². The second kappa shape index (κ2) is 7.01. The third kappa shape index (κ3) is 4.15. The fourth-order valence-corrected chi connectivity index (χ4v) is 3.47. The van der Waals surface area contributed by atoms with Crippen LogP contribution in [0.25, 0.3) is 0 Å². The molecule has 17 heavy (non-hydrogen) atoms. The highest BCUT2D eigenvalue weighted by Gasteiger charge is 2.28. The van der Waals surface area contributed by atoms with Crippen LogP contribution in [-0.4, -0.2) is 48.1 Å². The van der Waals surface area contributed by atoms with Gasteiger partial charge in [-0.05, 0) is 52.5 Å². The maximum Gasteiger partial charge on any atom is 0.0276 e. The van der Waals surface area contributed by atoms with Crippen LogP contribution in [0.2, 0.25) is 0 Å². The average molecular weight is 258 g/mol. The van der Waals surface area contributed by atoms with E-state index in [0.717, 1.165) is 12.1 Å². The van der Waals surface area contributed by atoms with Crippen LogP contribution in [0.4, 0.5) is 0 Å². The normalized spacial score (nSPS) is 27.4. The molecule has 1 aliphatic heterocycles. The van der Waals surface area contributed by atoms with Gasteiger partial charge in [-0.3, -0.25) is 0 Å². The van der Waals surface area contributed by atoms with Crippen LogP contribution in [-0.2, 0) is 0 Å². The lowest BCUT2D eigenvalue weighted by Gasteiger charge is -2.38. The van der Waals surface area contributed by atoms with E-state index in [4.69, 9.17) is 0 Å². The molecule has 0 aromatic rings. The van der Waals surface area contributed by atoms with Gasteiger partial charge in [0.2, 0.25) is 0 Å². The van der Waals surface area contributed by atoms with Crippen molar-refractivity contribution in [2.24, 2.45) is 0 Å². The van der Waals surface area contributed by atoms with Crippen molar-refractivity contribution in [2.45, 2.75) is 63.3 Å². The van der Waals surface area contributed by atoms with E-state index < -0.39 is 0 Å². The molecule has 1 fully saturated rings. The first-order chi connectivity index (χ1) is 8.06. The van der Waals surface area contributed by atoms with Crippen LogP contribution < -0.4 is 5.32 Å². The van der Waals surface area contributed by atoms with Crippen LogP contribution in [0.15, 0.2) is 0 Å². The minimum absolute atomic E-state index is 0.451. The lowest BCUT2D eigenvalue weighted by Crippen LogP contribution is -2.49. The summed E-state index contributed by atoms with van der Waals surface area (Å²) in [7, 11) is 2.24. The van der Waals surface area contributed by atoms with Crippen molar-refractivity contribution in [2.75, 3.05) is 26.4 Å². The topological polar surface area (TPSA) is 15.3 Å². The molecular weight excluding hydrogens is 228 g/mol. The molecule has 1 saturated heterocycles. The Kier molecular flexibility index (Phi) is 6.32. The summed E-state index contributed by atoms with van der Waals surface area (Å²) in [6.07, 6.45) is 7.39. The van der Waals surface area contributed by atoms with Crippen molar-refractivity contribution in [1.82, 2.24) is 10.2 Å². The van der Waals surface area contributed by atoms with E-state index in [1.165, 1.54) is 38.8 Å². The molecule has 3 heteroatoms. The number of thioether (sulfide) groups is 1. The van der Waals surface area contributed by atoms with E-state index in [-0.39, 0.29) is 0 Å². The molecule has 2 unspecified atom stereocenters. The summed E-state index contributed by atoms with van der Waals surface area (Å²) >= 11 is 2.03. The maximum absolute atomic E-state index is 3.82. The molecule has 1 heterocycles. The lowest BCUT2D eigenvalue weighted by molar-refractivity contribution is 0.167. The quantitative estimate of drug-likeness (QED) is 0.788. The molecule has 0 aromatic heterocycles. The maximum atomic E-state index is 3.82. The minimum atomic E-state index is 0.451. The van der Waals surface area contributed by atoms with Gasteiger partial charge in [0.15, 0.2) is 0 Å². The van der Waals surface area contributed by atoms with Crippen LogP contribution in [0.5, 0.6) is 0 Å². The SMILES string of the molecule is CCC(CC)(CNC1CCN(C)C(C)C1)SC. The molecule has 0 amide bonds. The molecule has 1 aliphatic rings. The zero-order valence-electron chi connectivity index (χ0n) is 12.3. The molecule has 0 aromatic carbocycles. The molecular formula is C14H30N2S. The standard InChI is InChI=1S/C14H30N2S/c1-6-14(7-2,17-5)11-15-13-8-9-16(4)12(3)10-13/h12-13,15H,6-11H2,1-5H3. The Labute approximate surface area is 112 Å². The largest absolute Gasteiger partial charge is 0.312 e.